The van der Waals surface area contributed by atoms with E-state index in [4.69, 9.17) is 9.84 Å². The first-order valence-electron chi connectivity index (χ1n) is 12.9. The molecule has 0 saturated heterocycles. The van der Waals surface area contributed by atoms with Crippen LogP contribution in [0.1, 0.15) is 30.0 Å². The molecular formula is C32H34N2O4. The molecule has 4 rings (SSSR count). The molecule has 38 heavy (non-hydrogen) atoms. The van der Waals surface area contributed by atoms with Crippen LogP contribution in [0.4, 0.5) is 0 Å². The van der Waals surface area contributed by atoms with Gasteiger partial charge >= 0.3 is 5.97 Å². The zero-order chi connectivity index (χ0) is 26.9. The summed E-state index contributed by atoms with van der Waals surface area (Å²) in [5, 5.41) is 10.1. The van der Waals surface area contributed by atoms with Gasteiger partial charge in [-0.2, -0.15) is 0 Å². The number of nitrogens with zero attached hydrogens (tertiary/aromatic N) is 2. The highest BCUT2D eigenvalue weighted by atomic mass is 16.5. The molecule has 1 amide bonds. The van der Waals surface area contributed by atoms with Crippen molar-refractivity contribution in [1.29, 1.82) is 0 Å². The molecule has 6 heteroatoms. The van der Waals surface area contributed by atoms with Crippen molar-refractivity contribution >= 4 is 22.8 Å². The number of rotatable bonds is 12. The van der Waals surface area contributed by atoms with Crippen molar-refractivity contribution in [3.63, 3.8) is 0 Å². The Kier molecular flexibility index (Phi) is 8.98. The van der Waals surface area contributed by atoms with Crippen LogP contribution >= 0.6 is 0 Å². The first-order valence-corrected chi connectivity index (χ1v) is 12.9. The summed E-state index contributed by atoms with van der Waals surface area (Å²) in [6.45, 7) is 3.17. The molecule has 1 heterocycles. The third kappa shape index (κ3) is 7.35. The standard InChI is InChI=1S/C32H34N2O4/c1-24(19-32(36)37)13-14-27-21-34(22-31(35)33(2)18-17-25-9-5-3-6-10-25)30-16-15-28(20-29(27)30)38-23-26-11-7-4-8-12-26/h3-12,15-16,19-21H,13-14,17-18,22-23H2,1-2H3,(H,36,37)/b24-19+. The van der Waals surface area contributed by atoms with Gasteiger partial charge in [-0.15, -0.1) is 0 Å². The number of aliphatic carboxylic acids is 1. The number of fused-ring (bicyclic) bond motifs is 1. The molecular weight excluding hydrogens is 476 g/mol. The number of hydrogen-bond donors (Lipinski definition) is 1. The number of hydrogen-bond acceptors (Lipinski definition) is 3. The topological polar surface area (TPSA) is 71.8 Å². The maximum Gasteiger partial charge on any atom is 0.328 e. The Balaban J connectivity index is 1.52. The van der Waals surface area contributed by atoms with Gasteiger partial charge in [-0.25, -0.2) is 4.79 Å². The predicted octanol–water partition coefficient (Wildman–Crippen LogP) is 5.88. The van der Waals surface area contributed by atoms with E-state index in [-0.39, 0.29) is 12.5 Å². The largest absolute Gasteiger partial charge is 0.489 e. The van der Waals surface area contributed by atoms with Gasteiger partial charge in [0, 0.05) is 36.8 Å². The number of carbonyl (C=O) groups excluding carboxylic acids is 1. The van der Waals surface area contributed by atoms with Gasteiger partial charge in [0.15, 0.2) is 0 Å². The molecule has 6 nitrogen and oxygen atoms in total. The normalized spacial score (nSPS) is 11.5. The van der Waals surface area contributed by atoms with E-state index in [1.165, 1.54) is 11.6 Å². The van der Waals surface area contributed by atoms with Gasteiger partial charge in [0.25, 0.3) is 0 Å². The average Bonchev–Trinajstić information content (AvgIpc) is 3.26. The zero-order valence-electron chi connectivity index (χ0n) is 22.0. The minimum Gasteiger partial charge on any atom is -0.489 e. The van der Waals surface area contributed by atoms with Crippen LogP contribution in [0.25, 0.3) is 10.9 Å². The molecule has 0 unspecified atom stereocenters. The van der Waals surface area contributed by atoms with Crippen LogP contribution in [0.15, 0.2) is 96.7 Å². The summed E-state index contributed by atoms with van der Waals surface area (Å²) >= 11 is 0. The molecule has 4 aromatic rings. The minimum atomic E-state index is -0.939. The van der Waals surface area contributed by atoms with Crippen molar-refractivity contribution in [3.05, 3.63) is 113 Å². The molecule has 3 aromatic carbocycles. The summed E-state index contributed by atoms with van der Waals surface area (Å²) in [7, 11) is 1.84. The summed E-state index contributed by atoms with van der Waals surface area (Å²) in [6.07, 6.45) is 5.35. The Hall–Kier alpha value is -4.32. The summed E-state index contributed by atoms with van der Waals surface area (Å²) in [6, 6.07) is 26.1. The second kappa shape index (κ2) is 12.8. The number of aromatic nitrogens is 1. The van der Waals surface area contributed by atoms with Crippen LogP contribution in [0, 0.1) is 0 Å². The van der Waals surface area contributed by atoms with E-state index in [1.807, 2.05) is 91.5 Å². The maximum atomic E-state index is 13.1. The van der Waals surface area contributed by atoms with E-state index in [1.54, 1.807) is 4.90 Å². The van der Waals surface area contributed by atoms with Crippen molar-refractivity contribution in [2.45, 2.75) is 39.3 Å². The number of carbonyl (C=O) groups is 2. The van der Waals surface area contributed by atoms with Gasteiger partial charge in [0.2, 0.25) is 5.91 Å². The third-order valence-corrected chi connectivity index (χ3v) is 6.65. The van der Waals surface area contributed by atoms with Gasteiger partial charge in [0.1, 0.15) is 18.9 Å². The lowest BCUT2D eigenvalue weighted by atomic mass is 10.0. The number of likely N-dealkylation sites (N-methyl/N-ethyl adjacent to an activating group) is 1. The molecule has 0 fully saturated rings. The molecule has 0 spiro atoms. The molecule has 0 bridgehead atoms. The number of aryl methyl sites for hydroxylation is 1. The number of benzene rings is 3. The Morgan fingerprint density at radius 2 is 1.63 bits per heavy atom. The van der Waals surface area contributed by atoms with E-state index in [9.17, 15) is 9.59 Å². The molecule has 0 atom stereocenters. The number of allylic oxidation sites excluding steroid dienone is 1. The summed E-state index contributed by atoms with van der Waals surface area (Å²) in [5.41, 5.74) is 5.10. The Morgan fingerprint density at radius 1 is 0.947 bits per heavy atom. The van der Waals surface area contributed by atoms with Gasteiger partial charge in [-0.05, 0) is 61.1 Å². The minimum absolute atomic E-state index is 0.0377. The van der Waals surface area contributed by atoms with Gasteiger partial charge in [0.05, 0.1) is 0 Å². The predicted molar refractivity (Wildman–Crippen MR) is 150 cm³/mol. The number of ether oxygens (including phenoxy) is 1. The monoisotopic (exact) mass is 510 g/mol. The maximum absolute atomic E-state index is 13.1. The van der Waals surface area contributed by atoms with Crippen LogP contribution in [0.2, 0.25) is 0 Å². The van der Waals surface area contributed by atoms with Crippen molar-refractivity contribution in [2.24, 2.45) is 0 Å². The van der Waals surface area contributed by atoms with Crippen molar-refractivity contribution in [3.8, 4) is 5.75 Å². The summed E-state index contributed by atoms with van der Waals surface area (Å²) in [4.78, 5) is 25.9. The average molecular weight is 511 g/mol. The van der Waals surface area contributed by atoms with Crippen LogP contribution in [0.3, 0.4) is 0 Å². The van der Waals surface area contributed by atoms with E-state index < -0.39 is 5.97 Å². The van der Waals surface area contributed by atoms with E-state index in [0.29, 0.717) is 26.0 Å². The lowest BCUT2D eigenvalue weighted by Gasteiger charge is -2.18. The SMILES string of the molecule is C/C(=C\C(=O)O)CCc1cn(CC(=O)N(C)CCc2ccccc2)c2ccc(OCc3ccccc3)cc12. The molecule has 196 valence electrons. The zero-order valence-corrected chi connectivity index (χ0v) is 22.0. The van der Waals surface area contributed by atoms with Crippen LogP contribution < -0.4 is 4.74 Å². The lowest BCUT2D eigenvalue weighted by molar-refractivity contribution is -0.132. The van der Waals surface area contributed by atoms with Crippen molar-refractivity contribution in [2.75, 3.05) is 13.6 Å². The first-order chi connectivity index (χ1) is 18.4. The Labute approximate surface area is 223 Å². The Morgan fingerprint density at radius 3 is 2.32 bits per heavy atom. The molecule has 1 N–H and O–H groups in total. The van der Waals surface area contributed by atoms with Gasteiger partial charge < -0.3 is 19.3 Å². The van der Waals surface area contributed by atoms with Gasteiger partial charge in [-0.1, -0.05) is 66.2 Å². The van der Waals surface area contributed by atoms with E-state index in [2.05, 4.69) is 12.1 Å². The van der Waals surface area contributed by atoms with E-state index >= 15 is 0 Å². The highest BCUT2D eigenvalue weighted by molar-refractivity contribution is 5.87. The van der Waals surface area contributed by atoms with Crippen molar-refractivity contribution in [1.82, 2.24) is 9.47 Å². The Bertz CT molecular complexity index is 1410. The third-order valence-electron chi connectivity index (χ3n) is 6.65. The highest BCUT2D eigenvalue weighted by Crippen LogP contribution is 2.28. The first kappa shape index (κ1) is 26.7. The lowest BCUT2D eigenvalue weighted by Crippen LogP contribution is -2.31. The van der Waals surface area contributed by atoms with E-state index in [0.717, 1.165) is 39.8 Å². The highest BCUT2D eigenvalue weighted by Gasteiger charge is 2.15. The second-order valence-electron chi connectivity index (χ2n) is 9.62. The van der Waals surface area contributed by atoms with Crippen LogP contribution in [0.5, 0.6) is 5.75 Å². The quantitative estimate of drug-likeness (QED) is 0.242. The van der Waals surface area contributed by atoms with Gasteiger partial charge in [-0.3, -0.25) is 4.79 Å². The number of carboxylic acids is 1. The molecule has 0 aliphatic heterocycles. The fourth-order valence-electron chi connectivity index (χ4n) is 4.46. The second-order valence-corrected chi connectivity index (χ2v) is 9.62. The number of carboxylic acid groups (broad SMARTS) is 1. The fourth-order valence-corrected chi connectivity index (χ4v) is 4.46. The number of amides is 1. The summed E-state index contributed by atoms with van der Waals surface area (Å²) in [5.74, 6) is -0.147. The molecule has 0 radical (unpaired) electrons. The van der Waals surface area contributed by atoms with Crippen molar-refractivity contribution < 1.29 is 19.4 Å². The van der Waals surface area contributed by atoms with Crippen LogP contribution in [-0.2, 0) is 35.6 Å². The molecule has 0 saturated carbocycles. The molecule has 1 aromatic heterocycles. The fraction of sp³-hybridized carbons (Fsp3) is 0.250. The molecule has 0 aliphatic carbocycles. The summed E-state index contributed by atoms with van der Waals surface area (Å²) < 4.78 is 8.05. The smallest absolute Gasteiger partial charge is 0.328 e. The molecule has 0 aliphatic rings. The van der Waals surface area contributed by atoms with Crippen LogP contribution in [-0.4, -0.2) is 40.0 Å².